The fraction of sp³-hybridized carbons (Fsp3) is 0.235. The molecule has 0 aliphatic rings. The van der Waals surface area contributed by atoms with Crippen molar-refractivity contribution in [2.24, 2.45) is 0 Å². The van der Waals surface area contributed by atoms with Crippen molar-refractivity contribution in [3.63, 3.8) is 0 Å². The number of nitriles is 1. The number of carbonyl (C=O) groups is 1. The van der Waals surface area contributed by atoms with Crippen LogP contribution >= 0.6 is 0 Å². The quantitative estimate of drug-likeness (QED) is 0.881. The molecule has 5 nitrogen and oxygen atoms in total. The Balaban J connectivity index is 2.24. The number of anilines is 2. The zero-order chi connectivity index (χ0) is 16.2. The first-order valence-electron chi connectivity index (χ1n) is 6.93. The Labute approximate surface area is 130 Å². The molecule has 0 bridgehead atoms. The van der Waals surface area contributed by atoms with Crippen LogP contribution in [0.2, 0.25) is 0 Å². The highest BCUT2D eigenvalue weighted by atomic mass is 16.2. The number of pyridine rings is 1. The zero-order valence-corrected chi connectivity index (χ0v) is 12.8. The van der Waals surface area contributed by atoms with Gasteiger partial charge >= 0.3 is 6.03 Å². The van der Waals surface area contributed by atoms with Gasteiger partial charge in [-0.3, -0.25) is 4.98 Å². The third-order valence-corrected chi connectivity index (χ3v) is 3.12. The number of hydrogen-bond donors (Lipinski definition) is 2. The van der Waals surface area contributed by atoms with Gasteiger partial charge in [0.05, 0.1) is 23.5 Å². The first-order valence-corrected chi connectivity index (χ1v) is 6.93. The van der Waals surface area contributed by atoms with Crippen LogP contribution in [0.15, 0.2) is 42.7 Å². The van der Waals surface area contributed by atoms with E-state index in [1.807, 2.05) is 6.07 Å². The van der Waals surface area contributed by atoms with E-state index in [0.29, 0.717) is 16.9 Å². The van der Waals surface area contributed by atoms with Crippen LogP contribution < -0.4 is 10.6 Å². The third-order valence-electron chi connectivity index (χ3n) is 3.12. The smallest absolute Gasteiger partial charge is 0.307 e. The highest BCUT2D eigenvalue weighted by molar-refractivity contribution is 6.00. The number of rotatable bonds is 2. The lowest BCUT2D eigenvalue weighted by atomic mass is 9.85. The molecule has 22 heavy (non-hydrogen) atoms. The average Bonchev–Trinajstić information content (AvgIpc) is 2.46. The SMILES string of the molecule is CC(C)(C)c1ccc(C#N)cc1NC(=O)Nc1cccnc1. The molecule has 2 N–H and O–H groups in total. The first-order chi connectivity index (χ1) is 10.4. The van der Waals surface area contributed by atoms with Crippen molar-refractivity contribution in [1.29, 1.82) is 5.26 Å². The van der Waals surface area contributed by atoms with E-state index in [2.05, 4.69) is 42.5 Å². The molecule has 2 rings (SSSR count). The Morgan fingerprint density at radius 2 is 2.00 bits per heavy atom. The van der Waals surface area contributed by atoms with Gasteiger partial charge in [0, 0.05) is 11.9 Å². The Hall–Kier alpha value is -2.87. The molecule has 2 aromatic rings. The van der Waals surface area contributed by atoms with Crippen LogP contribution in [-0.2, 0) is 5.41 Å². The summed E-state index contributed by atoms with van der Waals surface area (Å²) in [5.74, 6) is 0. The minimum absolute atomic E-state index is 0.148. The number of amides is 2. The van der Waals surface area contributed by atoms with Gasteiger partial charge in [0.2, 0.25) is 0 Å². The van der Waals surface area contributed by atoms with Gasteiger partial charge in [-0.2, -0.15) is 5.26 Å². The lowest BCUT2D eigenvalue weighted by Gasteiger charge is -2.23. The second kappa shape index (κ2) is 6.27. The van der Waals surface area contributed by atoms with E-state index >= 15 is 0 Å². The number of benzene rings is 1. The van der Waals surface area contributed by atoms with E-state index in [4.69, 9.17) is 5.26 Å². The Kier molecular flexibility index (Phi) is 4.42. The van der Waals surface area contributed by atoms with E-state index in [1.54, 1.807) is 36.7 Å². The molecule has 0 spiro atoms. The van der Waals surface area contributed by atoms with Crippen LogP contribution in [0.1, 0.15) is 31.9 Å². The summed E-state index contributed by atoms with van der Waals surface area (Å²) >= 11 is 0. The maximum Gasteiger partial charge on any atom is 0.323 e. The van der Waals surface area contributed by atoms with Crippen molar-refractivity contribution in [3.8, 4) is 6.07 Å². The molecule has 112 valence electrons. The van der Waals surface area contributed by atoms with Crippen LogP contribution in [0.25, 0.3) is 0 Å². The summed E-state index contributed by atoms with van der Waals surface area (Å²) in [6, 6.07) is 10.5. The summed E-state index contributed by atoms with van der Waals surface area (Å²) in [7, 11) is 0. The van der Waals surface area contributed by atoms with Crippen molar-refractivity contribution in [1.82, 2.24) is 4.98 Å². The molecule has 0 fully saturated rings. The molecule has 1 aromatic carbocycles. The number of urea groups is 1. The highest BCUT2D eigenvalue weighted by Gasteiger charge is 2.19. The first kappa shape index (κ1) is 15.5. The molecule has 0 saturated heterocycles. The minimum atomic E-state index is -0.367. The number of hydrogen-bond acceptors (Lipinski definition) is 3. The molecule has 0 saturated carbocycles. The monoisotopic (exact) mass is 294 g/mol. The van der Waals surface area contributed by atoms with Gasteiger partial charge in [0.15, 0.2) is 0 Å². The van der Waals surface area contributed by atoms with Gasteiger partial charge in [-0.05, 0) is 35.2 Å². The predicted octanol–water partition coefficient (Wildman–Crippen LogP) is 3.89. The number of aromatic nitrogens is 1. The normalized spacial score (nSPS) is 10.6. The van der Waals surface area contributed by atoms with Crippen LogP contribution in [-0.4, -0.2) is 11.0 Å². The summed E-state index contributed by atoms with van der Waals surface area (Å²) in [5, 5.41) is 14.6. The Morgan fingerprint density at radius 1 is 1.23 bits per heavy atom. The van der Waals surface area contributed by atoms with E-state index in [-0.39, 0.29) is 11.4 Å². The summed E-state index contributed by atoms with van der Waals surface area (Å²) in [5.41, 5.74) is 2.56. The standard InChI is InChI=1S/C17H18N4O/c1-17(2,3)14-7-6-12(10-18)9-15(14)21-16(22)20-13-5-4-8-19-11-13/h4-9,11H,1-3H3,(H2,20,21,22). The number of nitrogens with one attached hydrogen (secondary N) is 2. The van der Waals surface area contributed by atoms with Crippen LogP contribution in [0, 0.1) is 11.3 Å². The summed E-state index contributed by atoms with van der Waals surface area (Å²) < 4.78 is 0. The fourth-order valence-corrected chi connectivity index (χ4v) is 2.09. The Morgan fingerprint density at radius 3 is 2.59 bits per heavy atom. The van der Waals surface area contributed by atoms with E-state index < -0.39 is 0 Å². The van der Waals surface area contributed by atoms with Crippen molar-refractivity contribution < 1.29 is 4.79 Å². The van der Waals surface area contributed by atoms with Gasteiger partial charge in [-0.1, -0.05) is 26.8 Å². The molecular weight excluding hydrogens is 276 g/mol. The van der Waals surface area contributed by atoms with Gasteiger partial charge in [-0.25, -0.2) is 4.79 Å². The molecule has 0 unspecified atom stereocenters. The van der Waals surface area contributed by atoms with Gasteiger partial charge in [0.1, 0.15) is 0 Å². The maximum absolute atomic E-state index is 12.1. The number of nitrogens with zero attached hydrogens (tertiary/aromatic N) is 2. The van der Waals surface area contributed by atoms with E-state index in [0.717, 1.165) is 5.56 Å². The second-order valence-corrected chi connectivity index (χ2v) is 5.94. The molecule has 1 heterocycles. The third kappa shape index (κ3) is 3.83. The van der Waals surface area contributed by atoms with Crippen molar-refractivity contribution in [2.75, 3.05) is 10.6 Å². The highest BCUT2D eigenvalue weighted by Crippen LogP contribution is 2.30. The van der Waals surface area contributed by atoms with Gasteiger partial charge < -0.3 is 10.6 Å². The van der Waals surface area contributed by atoms with Gasteiger partial charge in [-0.15, -0.1) is 0 Å². The lowest BCUT2D eigenvalue weighted by molar-refractivity contribution is 0.262. The molecule has 5 heteroatoms. The van der Waals surface area contributed by atoms with Crippen LogP contribution in [0.3, 0.4) is 0 Å². The zero-order valence-electron chi connectivity index (χ0n) is 12.8. The molecule has 0 radical (unpaired) electrons. The molecular formula is C17H18N4O. The predicted molar refractivity (Wildman–Crippen MR) is 86.7 cm³/mol. The summed E-state index contributed by atoms with van der Waals surface area (Å²) in [4.78, 5) is 16.1. The topological polar surface area (TPSA) is 77.8 Å². The Bertz CT molecular complexity index is 712. The van der Waals surface area contributed by atoms with Crippen LogP contribution in [0.5, 0.6) is 0 Å². The largest absolute Gasteiger partial charge is 0.323 e. The van der Waals surface area contributed by atoms with E-state index in [9.17, 15) is 4.79 Å². The minimum Gasteiger partial charge on any atom is -0.307 e. The van der Waals surface area contributed by atoms with Gasteiger partial charge in [0.25, 0.3) is 0 Å². The molecule has 0 atom stereocenters. The lowest BCUT2D eigenvalue weighted by Crippen LogP contribution is -2.23. The molecule has 0 aliphatic heterocycles. The second-order valence-electron chi connectivity index (χ2n) is 5.94. The van der Waals surface area contributed by atoms with Crippen molar-refractivity contribution in [3.05, 3.63) is 53.9 Å². The molecule has 1 aromatic heterocycles. The maximum atomic E-state index is 12.1. The fourth-order valence-electron chi connectivity index (χ4n) is 2.09. The molecule has 0 aliphatic carbocycles. The van der Waals surface area contributed by atoms with Crippen molar-refractivity contribution >= 4 is 17.4 Å². The number of carbonyl (C=O) groups excluding carboxylic acids is 1. The molecule has 2 amide bonds. The van der Waals surface area contributed by atoms with Crippen LogP contribution in [0.4, 0.5) is 16.2 Å². The average molecular weight is 294 g/mol. The summed E-state index contributed by atoms with van der Waals surface area (Å²) in [6.45, 7) is 6.16. The summed E-state index contributed by atoms with van der Waals surface area (Å²) in [6.07, 6.45) is 3.20. The van der Waals surface area contributed by atoms with Crippen molar-refractivity contribution in [2.45, 2.75) is 26.2 Å². The van der Waals surface area contributed by atoms with E-state index in [1.165, 1.54) is 0 Å².